The highest BCUT2D eigenvalue weighted by molar-refractivity contribution is 6.45. The molecule has 0 saturated heterocycles. The summed E-state index contributed by atoms with van der Waals surface area (Å²) in [6.07, 6.45) is 0. The maximum Gasteiger partial charge on any atom is 0.386 e. The number of hydrogen-bond donors (Lipinski definition) is 0. The summed E-state index contributed by atoms with van der Waals surface area (Å²) in [5.41, 5.74) is 0. The number of halogens is 7. The maximum atomic E-state index is 11.9. The van der Waals surface area contributed by atoms with Crippen LogP contribution in [0.1, 0.15) is 0 Å². The summed E-state index contributed by atoms with van der Waals surface area (Å²) < 4.78 is 47.0. The number of rotatable bonds is 2. The van der Waals surface area contributed by atoms with E-state index in [4.69, 9.17) is 0 Å². The first-order chi connectivity index (χ1) is 4.19. The van der Waals surface area contributed by atoms with Crippen LogP contribution >= 0.6 is 34.8 Å². The lowest BCUT2D eigenvalue weighted by atomic mass is 10.4. The van der Waals surface area contributed by atoms with Crippen LogP contribution < -0.4 is 0 Å². The molecule has 0 aromatic carbocycles. The highest BCUT2D eigenvalue weighted by Gasteiger charge is 2.59. The largest absolute Gasteiger partial charge is 0.386 e. The Balaban J connectivity index is 4.40. The summed E-state index contributed by atoms with van der Waals surface area (Å²) in [7, 11) is 0. The Kier molecular flexibility index (Phi) is 3.08. The van der Waals surface area contributed by atoms with Gasteiger partial charge in [-0.15, -0.1) is 0 Å². The first-order valence-electron chi connectivity index (χ1n) is 1.92. The average Bonchev–Trinajstić information content (AvgIpc) is 1.62. The second kappa shape index (κ2) is 2.91. The molecule has 0 spiro atoms. The van der Waals surface area contributed by atoms with Crippen LogP contribution in [0.2, 0.25) is 0 Å². The molecule has 10 heavy (non-hydrogen) atoms. The molecule has 0 nitrogen and oxygen atoms in total. The molecular weight excluding hydrogens is 218 g/mol. The SMILES string of the molecule is FC(F)(Cl)C(F)(F)C(Cl)Cl. The second-order valence-electron chi connectivity index (χ2n) is 1.42. The van der Waals surface area contributed by atoms with E-state index in [9.17, 15) is 17.6 Å². The van der Waals surface area contributed by atoms with E-state index < -0.39 is 16.1 Å². The molecule has 0 saturated carbocycles. The minimum absolute atomic E-state index is 2.51. The van der Waals surface area contributed by atoms with Crippen molar-refractivity contribution in [3.63, 3.8) is 0 Å². The lowest BCUT2D eigenvalue weighted by molar-refractivity contribution is -0.147. The molecule has 62 valence electrons. The van der Waals surface area contributed by atoms with E-state index in [1.165, 1.54) is 0 Å². The Morgan fingerprint density at radius 2 is 1.30 bits per heavy atom. The molecule has 0 fully saturated rings. The van der Waals surface area contributed by atoms with Crippen LogP contribution in [0.15, 0.2) is 0 Å². The van der Waals surface area contributed by atoms with Crippen LogP contribution in [0.25, 0.3) is 0 Å². The van der Waals surface area contributed by atoms with Gasteiger partial charge < -0.3 is 0 Å². The lowest BCUT2D eigenvalue weighted by Gasteiger charge is -2.21. The number of alkyl halides is 7. The highest BCUT2D eigenvalue weighted by Crippen LogP contribution is 2.43. The van der Waals surface area contributed by atoms with Gasteiger partial charge in [-0.3, -0.25) is 0 Å². The molecular formula is C3HCl3F4. The van der Waals surface area contributed by atoms with E-state index in [0.29, 0.717) is 0 Å². The van der Waals surface area contributed by atoms with Gasteiger partial charge in [0.1, 0.15) is 0 Å². The first kappa shape index (κ1) is 10.6. The Labute approximate surface area is 69.0 Å². The molecule has 0 N–H and O–H groups in total. The van der Waals surface area contributed by atoms with Crippen LogP contribution in [0.5, 0.6) is 0 Å². The Bertz CT molecular complexity index is 117. The summed E-state index contributed by atoms with van der Waals surface area (Å²) >= 11 is 13.0. The fourth-order valence-electron chi connectivity index (χ4n) is 0.124. The molecule has 0 radical (unpaired) electrons. The highest BCUT2D eigenvalue weighted by atomic mass is 35.5. The van der Waals surface area contributed by atoms with E-state index in [1.54, 1.807) is 0 Å². The van der Waals surface area contributed by atoms with Crippen molar-refractivity contribution in [2.24, 2.45) is 0 Å². The average molecular weight is 219 g/mol. The quantitative estimate of drug-likeness (QED) is 0.494. The van der Waals surface area contributed by atoms with Crippen molar-refractivity contribution in [1.29, 1.82) is 0 Å². The molecule has 7 heteroatoms. The van der Waals surface area contributed by atoms with Crippen molar-refractivity contribution in [2.45, 2.75) is 16.1 Å². The smallest absolute Gasteiger partial charge is 0.195 e. The maximum absolute atomic E-state index is 11.9. The molecule has 0 amide bonds. The fourth-order valence-corrected chi connectivity index (χ4v) is 0.619. The molecule has 0 bridgehead atoms. The number of hydrogen-bond acceptors (Lipinski definition) is 0. The predicted octanol–water partition coefficient (Wildman–Crippen LogP) is 3.26. The summed E-state index contributed by atoms with van der Waals surface area (Å²) in [6.45, 7) is 0. The van der Waals surface area contributed by atoms with Crippen LogP contribution in [-0.2, 0) is 0 Å². The lowest BCUT2D eigenvalue weighted by Crippen LogP contribution is -2.41. The molecule has 0 aromatic rings. The van der Waals surface area contributed by atoms with E-state index in [-0.39, 0.29) is 0 Å². The fraction of sp³-hybridized carbons (Fsp3) is 1.00. The third-order valence-corrected chi connectivity index (χ3v) is 1.45. The summed E-state index contributed by atoms with van der Waals surface area (Å²) in [5.74, 6) is -4.60. The standard InChI is InChI=1S/C3HCl3F4/c4-1(5)2(7,8)3(6,9)10/h1H. The molecule has 0 aliphatic heterocycles. The Morgan fingerprint density at radius 3 is 1.30 bits per heavy atom. The molecule has 0 heterocycles. The minimum atomic E-state index is -4.71. The van der Waals surface area contributed by atoms with Crippen LogP contribution in [0, 0.1) is 0 Å². The van der Waals surface area contributed by atoms with Gasteiger partial charge in [-0.2, -0.15) is 17.6 Å². The minimum Gasteiger partial charge on any atom is -0.195 e. The molecule has 0 atom stereocenters. The summed E-state index contributed by atoms with van der Waals surface area (Å²) in [6, 6.07) is 0. The van der Waals surface area contributed by atoms with Gasteiger partial charge in [-0.05, 0) is 11.6 Å². The van der Waals surface area contributed by atoms with Gasteiger partial charge in [0.2, 0.25) is 0 Å². The van der Waals surface area contributed by atoms with Gasteiger partial charge in [-0.25, -0.2) is 0 Å². The van der Waals surface area contributed by atoms with Gasteiger partial charge in [0.05, 0.1) is 0 Å². The predicted molar refractivity (Wildman–Crippen MR) is 31.2 cm³/mol. The van der Waals surface area contributed by atoms with Gasteiger partial charge in [0.15, 0.2) is 4.84 Å². The van der Waals surface area contributed by atoms with Crippen LogP contribution in [-0.4, -0.2) is 16.1 Å². The van der Waals surface area contributed by atoms with E-state index in [1.807, 2.05) is 0 Å². The normalized spacial score (nSPS) is 14.4. The molecule has 0 rings (SSSR count). The zero-order valence-electron chi connectivity index (χ0n) is 4.22. The molecule has 0 aliphatic carbocycles. The zero-order valence-corrected chi connectivity index (χ0v) is 6.49. The molecule has 0 unspecified atom stereocenters. The van der Waals surface area contributed by atoms with E-state index in [0.717, 1.165) is 0 Å². The second-order valence-corrected chi connectivity index (χ2v) is 2.99. The molecule has 0 aliphatic rings. The van der Waals surface area contributed by atoms with Gasteiger partial charge >= 0.3 is 11.3 Å². The Morgan fingerprint density at radius 1 is 1.00 bits per heavy atom. The Hall–Kier alpha value is 0.590. The molecule has 0 aromatic heterocycles. The van der Waals surface area contributed by atoms with Crippen molar-refractivity contribution in [1.82, 2.24) is 0 Å². The third-order valence-electron chi connectivity index (χ3n) is 0.652. The monoisotopic (exact) mass is 218 g/mol. The van der Waals surface area contributed by atoms with E-state index >= 15 is 0 Å². The topological polar surface area (TPSA) is 0 Å². The van der Waals surface area contributed by atoms with Gasteiger partial charge in [-0.1, -0.05) is 23.2 Å². The van der Waals surface area contributed by atoms with Crippen molar-refractivity contribution >= 4 is 34.8 Å². The summed E-state index contributed by atoms with van der Waals surface area (Å²) in [5, 5.41) is -4.71. The first-order valence-corrected chi connectivity index (χ1v) is 3.17. The van der Waals surface area contributed by atoms with Gasteiger partial charge in [0.25, 0.3) is 0 Å². The van der Waals surface area contributed by atoms with Crippen molar-refractivity contribution in [3.8, 4) is 0 Å². The summed E-state index contributed by atoms with van der Waals surface area (Å²) in [4.78, 5) is -2.51. The van der Waals surface area contributed by atoms with E-state index in [2.05, 4.69) is 34.8 Å². The van der Waals surface area contributed by atoms with Crippen molar-refractivity contribution < 1.29 is 17.6 Å². The van der Waals surface area contributed by atoms with Crippen LogP contribution in [0.3, 0.4) is 0 Å². The third kappa shape index (κ3) is 2.04. The van der Waals surface area contributed by atoms with Gasteiger partial charge in [0, 0.05) is 0 Å². The van der Waals surface area contributed by atoms with Crippen LogP contribution in [0.4, 0.5) is 17.6 Å². The zero-order chi connectivity index (χ0) is 8.58. The van der Waals surface area contributed by atoms with Crippen molar-refractivity contribution in [2.75, 3.05) is 0 Å². The van der Waals surface area contributed by atoms with Crippen molar-refractivity contribution in [3.05, 3.63) is 0 Å².